The normalized spacial score (nSPS) is 26.8. The van der Waals surface area contributed by atoms with E-state index in [1.807, 2.05) is 12.1 Å². The van der Waals surface area contributed by atoms with Gasteiger partial charge in [0.2, 0.25) is 0 Å². The van der Waals surface area contributed by atoms with Gasteiger partial charge in [-0.05, 0) is 24.0 Å². The summed E-state index contributed by atoms with van der Waals surface area (Å²) in [5, 5.41) is 17.7. The SMILES string of the molecule is OB(O)C1CC1c1cccnc1. The number of hydrogen-bond acceptors (Lipinski definition) is 3. The van der Waals surface area contributed by atoms with Crippen LogP contribution < -0.4 is 0 Å². The van der Waals surface area contributed by atoms with E-state index >= 15 is 0 Å². The van der Waals surface area contributed by atoms with E-state index in [1.165, 1.54) is 0 Å². The van der Waals surface area contributed by atoms with Crippen molar-refractivity contribution in [3.05, 3.63) is 30.1 Å². The highest BCUT2D eigenvalue weighted by Crippen LogP contribution is 2.53. The summed E-state index contributed by atoms with van der Waals surface area (Å²) in [6, 6.07) is 3.84. The first kappa shape index (κ1) is 7.77. The molecule has 62 valence electrons. The third-order valence-electron chi connectivity index (χ3n) is 2.34. The molecular weight excluding hydrogens is 153 g/mol. The van der Waals surface area contributed by atoms with Crippen LogP contribution in [0.25, 0.3) is 0 Å². The molecule has 1 aliphatic carbocycles. The Morgan fingerprint density at radius 2 is 2.33 bits per heavy atom. The second-order valence-electron chi connectivity index (χ2n) is 3.21. The molecule has 2 atom stereocenters. The van der Waals surface area contributed by atoms with Crippen LogP contribution in [0, 0.1) is 0 Å². The quantitative estimate of drug-likeness (QED) is 0.620. The summed E-state index contributed by atoms with van der Waals surface area (Å²) in [6.45, 7) is 0. The molecule has 0 aromatic carbocycles. The van der Waals surface area contributed by atoms with E-state index in [1.54, 1.807) is 12.4 Å². The van der Waals surface area contributed by atoms with Gasteiger partial charge in [0.1, 0.15) is 0 Å². The van der Waals surface area contributed by atoms with Crippen molar-refractivity contribution in [1.29, 1.82) is 0 Å². The maximum atomic E-state index is 8.86. The van der Waals surface area contributed by atoms with Crippen LogP contribution in [0.4, 0.5) is 0 Å². The Labute approximate surface area is 71.2 Å². The van der Waals surface area contributed by atoms with Gasteiger partial charge in [0.15, 0.2) is 0 Å². The zero-order valence-electron chi connectivity index (χ0n) is 6.59. The first-order chi connectivity index (χ1) is 5.79. The lowest BCUT2D eigenvalue weighted by molar-refractivity contribution is 0.402. The van der Waals surface area contributed by atoms with Crippen LogP contribution in [-0.2, 0) is 0 Å². The summed E-state index contributed by atoms with van der Waals surface area (Å²) in [5.41, 5.74) is 1.11. The molecule has 0 aliphatic heterocycles. The highest BCUT2D eigenvalue weighted by molar-refractivity contribution is 6.44. The van der Waals surface area contributed by atoms with Gasteiger partial charge in [-0.2, -0.15) is 0 Å². The molecule has 0 radical (unpaired) electrons. The van der Waals surface area contributed by atoms with E-state index in [4.69, 9.17) is 10.0 Å². The highest BCUT2D eigenvalue weighted by Gasteiger charge is 2.46. The largest absolute Gasteiger partial charge is 0.455 e. The van der Waals surface area contributed by atoms with Crippen molar-refractivity contribution in [2.75, 3.05) is 0 Å². The number of pyridine rings is 1. The van der Waals surface area contributed by atoms with Crippen molar-refractivity contribution in [3.63, 3.8) is 0 Å². The Hall–Kier alpha value is -0.865. The summed E-state index contributed by atoms with van der Waals surface area (Å²) in [7, 11) is -1.17. The fourth-order valence-electron chi connectivity index (χ4n) is 1.52. The lowest BCUT2D eigenvalue weighted by Crippen LogP contribution is -2.11. The van der Waals surface area contributed by atoms with Crippen molar-refractivity contribution in [1.82, 2.24) is 4.98 Å². The molecule has 1 aromatic heterocycles. The Bertz CT molecular complexity index is 265. The molecule has 2 unspecified atom stereocenters. The molecule has 0 spiro atoms. The van der Waals surface area contributed by atoms with Gasteiger partial charge in [0, 0.05) is 18.2 Å². The first-order valence-electron chi connectivity index (χ1n) is 4.05. The number of rotatable bonds is 2. The predicted octanol–water partition coefficient (Wildman–Crippen LogP) is 0.412. The van der Waals surface area contributed by atoms with Crippen molar-refractivity contribution in [2.45, 2.75) is 18.2 Å². The molecule has 1 heterocycles. The maximum absolute atomic E-state index is 8.86. The van der Waals surface area contributed by atoms with Crippen LogP contribution >= 0.6 is 0 Å². The Kier molecular flexibility index (Phi) is 1.86. The number of nitrogens with zero attached hydrogens (tertiary/aromatic N) is 1. The minimum atomic E-state index is -1.17. The topological polar surface area (TPSA) is 53.4 Å². The van der Waals surface area contributed by atoms with Crippen LogP contribution in [0.5, 0.6) is 0 Å². The molecule has 12 heavy (non-hydrogen) atoms. The smallest absolute Gasteiger partial charge is 0.427 e. The Balaban J connectivity index is 2.06. The van der Waals surface area contributed by atoms with Gasteiger partial charge in [-0.15, -0.1) is 0 Å². The monoisotopic (exact) mass is 163 g/mol. The molecule has 4 heteroatoms. The Morgan fingerprint density at radius 3 is 2.83 bits per heavy atom. The molecule has 2 N–H and O–H groups in total. The van der Waals surface area contributed by atoms with Gasteiger partial charge >= 0.3 is 7.12 Å². The summed E-state index contributed by atoms with van der Waals surface area (Å²) >= 11 is 0. The van der Waals surface area contributed by atoms with E-state index in [-0.39, 0.29) is 5.82 Å². The van der Waals surface area contributed by atoms with E-state index in [9.17, 15) is 0 Å². The molecule has 0 saturated heterocycles. The van der Waals surface area contributed by atoms with E-state index in [0.717, 1.165) is 12.0 Å². The minimum Gasteiger partial charge on any atom is -0.427 e. The van der Waals surface area contributed by atoms with Gasteiger partial charge in [0.25, 0.3) is 0 Å². The lowest BCUT2D eigenvalue weighted by Gasteiger charge is -1.97. The predicted molar refractivity (Wildman–Crippen MR) is 45.5 cm³/mol. The second-order valence-corrected chi connectivity index (χ2v) is 3.21. The molecule has 1 aliphatic rings. The Morgan fingerprint density at radius 1 is 1.50 bits per heavy atom. The molecule has 2 rings (SSSR count). The van der Waals surface area contributed by atoms with Crippen molar-refractivity contribution >= 4 is 7.12 Å². The van der Waals surface area contributed by atoms with Gasteiger partial charge in [-0.1, -0.05) is 6.07 Å². The second kappa shape index (κ2) is 2.88. The zero-order chi connectivity index (χ0) is 8.55. The summed E-state index contributed by atoms with van der Waals surface area (Å²) < 4.78 is 0. The molecule has 1 fully saturated rings. The maximum Gasteiger partial charge on any atom is 0.455 e. The summed E-state index contributed by atoms with van der Waals surface area (Å²) in [6.07, 6.45) is 4.37. The van der Waals surface area contributed by atoms with Crippen LogP contribution in [0.1, 0.15) is 17.9 Å². The average molecular weight is 163 g/mol. The molecule has 0 bridgehead atoms. The fraction of sp³-hybridized carbons (Fsp3) is 0.375. The third-order valence-corrected chi connectivity index (χ3v) is 2.34. The third kappa shape index (κ3) is 1.35. The average Bonchev–Trinajstić information content (AvgIpc) is 2.84. The summed E-state index contributed by atoms with van der Waals surface area (Å²) in [4.78, 5) is 3.98. The number of hydrogen-bond donors (Lipinski definition) is 2. The molecule has 1 saturated carbocycles. The fourth-order valence-corrected chi connectivity index (χ4v) is 1.52. The van der Waals surface area contributed by atoms with Crippen LogP contribution in [0.2, 0.25) is 5.82 Å². The molecule has 3 nitrogen and oxygen atoms in total. The van der Waals surface area contributed by atoms with E-state index in [2.05, 4.69) is 4.98 Å². The van der Waals surface area contributed by atoms with Crippen molar-refractivity contribution in [2.24, 2.45) is 0 Å². The first-order valence-corrected chi connectivity index (χ1v) is 4.05. The minimum absolute atomic E-state index is 0.0224. The van der Waals surface area contributed by atoms with E-state index < -0.39 is 7.12 Å². The standard InChI is InChI=1S/C8H10BNO2/c11-9(12)8-4-7(8)6-2-1-3-10-5-6/h1-3,5,7-8,11-12H,4H2. The van der Waals surface area contributed by atoms with Gasteiger partial charge in [0.05, 0.1) is 0 Å². The molecule has 0 amide bonds. The van der Waals surface area contributed by atoms with Crippen LogP contribution in [0.15, 0.2) is 24.5 Å². The van der Waals surface area contributed by atoms with Crippen molar-refractivity contribution in [3.8, 4) is 0 Å². The van der Waals surface area contributed by atoms with E-state index in [0.29, 0.717) is 5.92 Å². The van der Waals surface area contributed by atoms with Crippen molar-refractivity contribution < 1.29 is 10.0 Å². The highest BCUT2D eigenvalue weighted by atomic mass is 16.4. The molecule has 1 aromatic rings. The zero-order valence-corrected chi connectivity index (χ0v) is 6.59. The van der Waals surface area contributed by atoms with Gasteiger partial charge < -0.3 is 10.0 Å². The van der Waals surface area contributed by atoms with Gasteiger partial charge in [-0.25, -0.2) is 0 Å². The number of aromatic nitrogens is 1. The van der Waals surface area contributed by atoms with Crippen LogP contribution in [0.3, 0.4) is 0 Å². The lowest BCUT2D eigenvalue weighted by atomic mass is 9.81. The van der Waals surface area contributed by atoms with Crippen LogP contribution in [-0.4, -0.2) is 22.2 Å². The molecular formula is C8H10BNO2. The summed E-state index contributed by atoms with van der Waals surface area (Å²) in [5.74, 6) is 0.327. The van der Waals surface area contributed by atoms with Gasteiger partial charge in [-0.3, -0.25) is 4.98 Å².